The van der Waals surface area contributed by atoms with Gasteiger partial charge in [0.25, 0.3) is 0 Å². The maximum absolute atomic E-state index is 12.4. The first kappa shape index (κ1) is 17.6. The van der Waals surface area contributed by atoms with Gasteiger partial charge in [0, 0.05) is 19.6 Å². The first-order chi connectivity index (χ1) is 12.1. The molecule has 136 valence electrons. The van der Waals surface area contributed by atoms with E-state index >= 15 is 0 Å². The molecule has 1 aliphatic heterocycles. The number of aliphatic hydroxyl groups is 1. The zero-order valence-electron chi connectivity index (χ0n) is 14.9. The van der Waals surface area contributed by atoms with Crippen molar-refractivity contribution >= 4 is 22.8 Å². The molecule has 25 heavy (non-hydrogen) atoms. The Morgan fingerprint density at radius 1 is 1.44 bits per heavy atom. The van der Waals surface area contributed by atoms with Crippen LogP contribution in [0.5, 0.6) is 0 Å². The number of amides is 1. The number of hydrogen-bond donors (Lipinski definition) is 2. The second-order valence-corrected chi connectivity index (χ2v) is 6.95. The predicted molar refractivity (Wildman–Crippen MR) is 95.2 cm³/mol. The van der Waals surface area contributed by atoms with E-state index in [1.807, 2.05) is 0 Å². The molecule has 1 saturated heterocycles. The summed E-state index contributed by atoms with van der Waals surface area (Å²) in [4.78, 5) is 23.3. The Morgan fingerprint density at radius 2 is 2.28 bits per heavy atom. The van der Waals surface area contributed by atoms with E-state index in [0.29, 0.717) is 31.2 Å². The molecule has 1 aliphatic rings. The average molecular weight is 346 g/mol. The molecule has 1 amide bonds. The van der Waals surface area contributed by atoms with E-state index in [-0.39, 0.29) is 18.4 Å². The van der Waals surface area contributed by atoms with Gasteiger partial charge in [0.15, 0.2) is 5.65 Å². The van der Waals surface area contributed by atoms with Crippen LogP contribution in [0.1, 0.15) is 26.7 Å². The molecule has 1 fully saturated rings. The molecule has 0 radical (unpaired) electrons. The molecule has 0 aliphatic carbocycles. The number of carbonyl (C=O) groups is 1. The van der Waals surface area contributed by atoms with Crippen LogP contribution in [0, 0.1) is 11.8 Å². The highest BCUT2D eigenvalue weighted by atomic mass is 16.3. The first-order valence-corrected chi connectivity index (χ1v) is 8.90. The number of rotatable bonds is 6. The molecule has 0 saturated carbocycles. The Balaban J connectivity index is 1.77. The number of aliphatic hydroxyl groups excluding tert-OH is 1. The molecule has 8 nitrogen and oxygen atoms in total. The second-order valence-electron chi connectivity index (χ2n) is 6.95. The largest absolute Gasteiger partial charge is 0.394 e. The van der Waals surface area contributed by atoms with Gasteiger partial charge < -0.3 is 15.3 Å². The molecule has 0 aromatic carbocycles. The van der Waals surface area contributed by atoms with Gasteiger partial charge in [0.2, 0.25) is 5.91 Å². The van der Waals surface area contributed by atoms with Crippen LogP contribution in [-0.2, 0) is 11.3 Å². The summed E-state index contributed by atoms with van der Waals surface area (Å²) in [6.07, 6.45) is 5.12. The number of hydrogen-bond acceptors (Lipinski definition) is 6. The fourth-order valence-electron chi connectivity index (χ4n) is 3.22. The summed E-state index contributed by atoms with van der Waals surface area (Å²) >= 11 is 0. The van der Waals surface area contributed by atoms with Crippen LogP contribution in [0.3, 0.4) is 0 Å². The highest BCUT2D eigenvalue weighted by Gasteiger charge is 2.27. The number of aromatic nitrogens is 4. The summed E-state index contributed by atoms with van der Waals surface area (Å²) in [6, 6.07) is 0. The third-order valence-corrected chi connectivity index (χ3v) is 4.50. The molecule has 8 heteroatoms. The molecule has 1 atom stereocenters. The highest BCUT2D eigenvalue weighted by molar-refractivity contribution is 5.87. The minimum absolute atomic E-state index is 0.0118. The lowest BCUT2D eigenvalue weighted by Crippen LogP contribution is -2.44. The van der Waals surface area contributed by atoms with Crippen molar-refractivity contribution in [2.45, 2.75) is 33.2 Å². The summed E-state index contributed by atoms with van der Waals surface area (Å²) in [6.45, 7) is 6.83. The molecular weight excluding hydrogens is 320 g/mol. The number of piperidine rings is 1. The van der Waals surface area contributed by atoms with E-state index in [0.717, 1.165) is 30.6 Å². The van der Waals surface area contributed by atoms with Gasteiger partial charge in [-0.3, -0.25) is 4.79 Å². The Labute approximate surface area is 147 Å². The van der Waals surface area contributed by atoms with Crippen molar-refractivity contribution in [1.29, 1.82) is 0 Å². The normalized spacial score (nSPS) is 18.1. The van der Waals surface area contributed by atoms with Crippen LogP contribution in [-0.4, -0.2) is 57.0 Å². The second kappa shape index (κ2) is 7.77. The van der Waals surface area contributed by atoms with Crippen LogP contribution in [0.15, 0.2) is 12.5 Å². The SMILES string of the molecule is CC(C)CNC(=O)C1CCCN(c2ncnc3c2cnn3CCO)C1. The summed E-state index contributed by atoms with van der Waals surface area (Å²) in [5, 5.41) is 17.3. The Kier molecular flexibility index (Phi) is 5.47. The van der Waals surface area contributed by atoms with Gasteiger partial charge in [-0.2, -0.15) is 5.10 Å². The van der Waals surface area contributed by atoms with Gasteiger partial charge in [-0.05, 0) is 18.8 Å². The van der Waals surface area contributed by atoms with Crippen molar-refractivity contribution in [2.75, 3.05) is 31.1 Å². The van der Waals surface area contributed by atoms with Gasteiger partial charge in [-0.15, -0.1) is 0 Å². The van der Waals surface area contributed by atoms with Crippen LogP contribution in [0.25, 0.3) is 11.0 Å². The van der Waals surface area contributed by atoms with Crippen LogP contribution in [0.4, 0.5) is 5.82 Å². The van der Waals surface area contributed by atoms with E-state index in [9.17, 15) is 4.79 Å². The highest BCUT2D eigenvalue weighted by Crippen LogP contribution is 2.27. The molecule has 0 bridgehead atoms. The number of nitrogens with zero attached hydrogens (tertiary/aromatic N) is 5. The minimum atomic E-state index is -0.0231. The molecule has 1 unspecified atom stereocenters. The van der Waals surface area contributed by atoms with Crippen molar-refractivity contribution in [3.63, 3.8) is 0 Å². The Bertz CT molecular complexity index is 729. The summed E-state index contributed by atoms with van der Waals surface area (Å²) < 4.78 is 1.68. The third kappa shape index (κ3) is 3.89. The third-order valence-electron chi connectivity index (χ3n) is 4.50. The summed E-state index contributed by atoms with van der Waals surface area (Å²) in [5.74, 6) is 1.36. The monoisotopic (exact) mass is 346 g/mol. The number of anilines is 1. The van der Waals surface area contributed by atoms with Crippen LogP contribution < -0.4 is 10.2 Å². The minimum Gasteiger partial charge on any atom is -0.394 e. The van der Waals surface area contributed by atoms with Crippen LogP contribution in [0.2, 0.25) is 0 Å². The standard InChI is InChI=1S/C17H26N6O2/c1-12(2)8-18-17(25)13-4-3-5-22(10-13)15-14-9-21-23(6-7-24)16(14)20-11-19-15/h9,11-13,24H,3-8,10H2,1-2H3,(H,18,25). The number of nitrogens with one attached hydrogen (secondary N) is 1. The van der Waals surface area contributed by atoms with Crippen molar-refractivity contribution in [3.8, 4) is 0 Å². The zero-order valence-corrected chi connectivity index (χ0v) is 14.9. The molecule has 3 rings (SSSR count). The lowest BCUT2D eigenvalue weighted by Gasteiger charge is -2.33. The topological polar surface area (TPSA) is 96.2 Å². The Morgan fingerprint density at radius 3 is 3.04 bits per heavy atom. The Hall–Kier alpha value is -2.22. The molecule has 2 aromatic heterocycles. The van der Waals surface area contributed by atoms with Crippen molar-refractivity contribution in [1.82, 2.24) is 25.1 Å². The lowest BCUT2D eigenvalue weighted by molar-refractivity contribution is -0.125. The molecule has 3 heterocycles. The molecular formula is C17H26N6O2. The lowest BCUT2D eigenvalue weighted by atomic mass is 9.96. The molecule has 2 aromatic rings. The zero-order chi connectivity index (χ0) is 17.8. The van der Waals surface area contributed by atoms with E-state index in [1.165, 1.54) is 6.33 Å². The van der Waals surface area contributed by atoms with Gasteiger partial charge >= 0.3 is 0 Å². The molecule has 2 N–H and O–H groups in total. The van der Waals surface area contributed by atoms with Gasteiger partial charge in [0.05, 0.1) is 30.7 Å². The van der Waals surface area contributed by atoms with E-state index in [2.05, 4.69) is 39.1 Å². The maximum atomic E-state index is 12.4. The van der Waals surface area contributed by atoms with Crippen molar-refractivity contribution < 1.29 is 9.90 Å². The number of fused-ring (bicyclic) bond motifs is 1. The quantitative estimate of drug-likeness (QED) is 0.803. The summed E-state index contributed by atoms with van der Waals surface area (Å²) in [7, 11) is 0. The van der Waals surface area contributed by atoms with Crippen molar-refractivity contribution in [3.05, 3.63) is 12.5 Å². The first-order valence-electron chi connectivity index (χ1n) is 8.90. The van der Waals surface area contributed by atoms with E-state index in [1.54, 1.807) is 10.9 Å². The fraction of sp³-hybridized carbons (Fsp3) is 0.647. The predicted octanol–water partition coefficient (Wildman–Crippen LogP) is 0.807. The van der Waals surface area contributed by atoms with Gasteiger partial charge in [-0.25, -0.2) is 14.6 Å². The smallest absolute Gasteiger partial charge is 0.224 e. The van der Waals surface area contributed by atoms with Gasteiger partial charge in [-0.1, -0.05) is 13.8 Å². The van der Waals surface area contributed by atoms with E-state index in [4.69, 9.17) is 5.11 Å². The maximum Gasteiger partial charge on any atom is 0.224 e. The molecule has 0 spiro atoms. The van der Waals surface area contributed by atoms with Crippen LogP contribution >= 0.6 is 0 Å². The fourth-order valence-corrected chi connectivity index (χ4v) is 3.22. The average Bonchev–Trinajstić information content (AvgIpc) is 3.03. The van der Waals surface area contributed by atoms with E-state index < -0.39 is 0 Å². The number of carbonyl (C=O) groups excluding carboxylic acids is 1. The summed E-state index contributed by atoms with van der Waals surface area (Å²) in [5.41, 5.74) is 0.713. The van der Waals surface area contributed by atoms with Gasteiger partial charge in [0.1, 0.15) is 12.1 Å². The van der Waals surface area contributed by atoms with Crippen molar-refractivity contribution in [2.24, 2.45) is 11.8 Å².